The zero-order valence-electron chi connectivity index (χ0n) is 14.3. The SMILES string of the molecule is FC(F)(F)C1CCN(Cc2c(Br)cccc2OCc2ccccc2)CC1. The molecule has 2 nitrogen and oxygen atoms in total. The molecule has 0 unspecified atom stereocenters. The molecule has 0 aromatic heterocycles. The molecule has 0 aliphatic carbocycles. The average Bonchev–Trinajstić information content (AvgIpc) is 2.63. The minimum absolute atomic E-state index is 0.161. The molecule has 0 amide bonds. The van der Waals surface area contributed by atoms with Gasteiger partial charge in [-0.05, 0) is 43.6 Å². The van der Waals surface area contributed by atoms with Gasteiger partial charge >= 0.3 is 6.18 Å². The van der Waals surface area contributed by atoms with E-state index in [4.69, 9.17) is 4.74 Å². The Hall–Kier alpha value is -1.53. The molecule has 0 atom stereocenters. The molecule has 140 valence electrons. The highest BCUT2D eigenvalue weighted by Gasteiger charge is 2.41. The highest BCUT2D eigenvalue weighted by atomic mass is 79.9. The molecule has 1 aliphatic rings. The quantitative estimate of drug-likeness (QED) is 0.597. The van der Waals surface area contributed by atoms with Crippen molar-refractivity contribution >= 4 is 15.9 Å². The number of halogens is 4. The molecule has 1 saturated heterocycles. The van der Waals surface area contributed by atoms with Crippen molar-refractivity contribution < 1.29 is 17.9 Å². The zero-order chi connectivity index (χ0) is 18.6. The maximum absolute atomic E-state index is 12.8. The first kappa shape index (κ1) is 19.2. The molecule has 0 N–H and O–H groups in total. The molecule has 0 spiro atoms. The summed E-state index contributed by atoms with van der Waals surface area (Å²) in [5.41, 5.74) is 2.05. The van der Waals surface area contributed by atoms with Gasteiger partial charge in [0.25, 0.3) is 0 Å². The smallest absolute Gasteiger partial charge is 0.391 e. The third-order valence-electron chi connectivity index (χ3n) is 4.75. The van der Waals surface area contributed by atoms with Crippen LogP contribution in [0.15, 0.2) is 53.0 Å². The predicted molar refractivity (Wildman–Crippen MR) is 99.0 cm³/mol. The van der Waals surface area contributed by atoms with Crippen LogP contribution in [-0.4, -0.2) is 24.2 Å². The fourth-order valence-electron chi connectivity index (χ4n) is 3.20. The summed E-state index contributed by atoms with van der Waals surface area (Å²) in [6.45, 7) is 1.93. The first-order chi connectivity index (χ1) is 12.4. The number of ether oxygens (including phenoxy) is 1. The van der Waals surface area contributed by atoms with Gasteiger partial charge in [0.2, 0.25) is 0 Å². The first-order valence-corrected chi connectivity index (χ1v) is 9.46. The topological polar surface area (TPSA) is 12.5 Å². The molecular formula is C20H21BrF3NO. The number of alkyl halides is 3. The lowest BCUT2D eigenvalue weighted by Crippen LogP contribution is -2.38. The van der Waals surface area contributed by atoms with Crippen LogP contribution in [0.4, 0.5) is 13.2 Å². The summed E-state index contributed by atoms with van der Waals surface area (Å²) in [5, 5.41) is 0. The van der Waals surface area contributed by atoms with Crippen molar-refractivity contribution in [1.29, 1.82) is 0 Å². The number of piperidine rings is 1. The van der Waals surface area contributed by atoms with Crippen molar-refractivity contribution in [1.82, 2.24) is 4.90 Å². The third kappa shape index (κ3) is 5.01. The van der Waals surface area contributed by atoms with Gasteiger partial charge in [0, 0.05) is 16.6 Å². The van der Waals surface area contributed by atoms with Gasteiger partial charge in [-0.3, -0.25) is 4.90 Å². The fraction of sp³-hybridized carbons (Fsp3) is 0.400. The normalized spacial score (nSPS) is 16.6. The minimum atomic E-state index is -4.08. The van der Waals surface area contributed by atoms with E-state index >= 15 is 0 Å². The van der Waals surface area contributed by atoms with Gasteiger partial charge < -0.3 is 4.74 Å². The van der Waals surface area contributed by atoms with Crippen LogP contribution in [0.5, 0.6) is 5.75 Å². The van der Waals surface area contributed by atoms with Crippen molar-refractivity contribution in [2.45, 2.75) is 32.2 Å². The third-order valence-corrected chi connectivity index (χ3v) is 5.49. The monoisotopic (exact) mass is 427 g/mol. The Morgan fingerprint density at radius 1 is 1.00 bits per heavy atom. The van der Waals surface area contributed by atoms with Crippen LogP contribution in [0.2, 0.25) is 0 Å². The van der Waals surface area contributed by atoms with Crippen LogP contribution < -0.4 is 4.74 Å². The number of hydrogen-bond acceptors (Lipinski definition) is 2. The summed E-state index contributed by atoms with van der Waals surface area (Å²) in [7, 11) is 0. The van der Waals surface area contributed by atoms with E-state index in [1.54, 1.807) is 0 Å². The highest BCUT2D eigenvalue weighted by molar-refractivity contribution is 9.10. The summed E-state index contributed by atoms with van der Waals surface area (Å²) in [4.78, 5) is 2.07. The second kappa shape index (κ2) is 8.44. The number of nitrogens with zero attached hydrogens (tertiary/aromatic N) is 1. The van der Waals surface area contributed by atoms with Crippen molar-refractivity contribution in [3.05, 3.63) is 64.1 Å². The molecule has 1 heterocycles. The molecule has 1 aliphatic heterocycles. The molecule has 0 radical (unpaired) electrons. The van der Waals surface area contributed by atoms with Gasteiger partial charge in [0.05, 0.1) is 5.92 Å². The molecule has 0 saturated carbocycles. The number of rotatable bonds is 5. The Bertz CT molecular complexity index is 713. The van der Waals surface area contributed by atoms with E-state index in [1.807, 2.05) is 48.5 Å². The second-order valence-electron chi connectivity index (χ2n) is 6.58. The Morgan fingerprint density at radius 3 is 2.35 bits per heavy atom. The maximum Gasteiger partial charge on any atom is 0.391 e. The van der Waals surface area contributed by atoms with Gasteiger partial charge in [-0.2, -0.15) is 13.2 Å². The number of likely N-dealkylation sites (tertiary alicyclic amines) is 1. The maximum atomic E-state index is 12.8. The molecule has 1 fully saturated rings. The van der Waals surface area contributed by atoms with Crippen LogP contribution in [0, 0.1) is 5.92 Å². The van der Waals surface area contributed by atoms with E-state index in [9.17, 15) is 13.2 Å². The number of benzene rings is 2. The van der Waals surface area contributed by atoms with E-state index in [-0.39, 0.29) is 12.8 Å². The van der Waals surface area contributed by atoms with Gasteiger partial charge in [-0.1, -0.05) is 52.3 Å². The van der Waals surface area contributed by atoms with Gasteiger partial charge in [-0.25, -0.2) is 0 Å². The van der Waals surface area contributed by atoms with Crippen molar-refractivity contribution in [3.63, 3.8) is 0 Å². The summed E-state index contributed by atoms with van der Waals surface area (Å²) >= 11 is 3.56. The van der Waals surface area contributed by atoms with Crippen LogP contribution in [-0.2, 0) is 13.2 Å². The van der Waals surface area contributed by atoms with Gasteiger partial charge in [0.15, 0.2) is 0 Å². The summed E-state index contributed by atoms with van der Waals surface area (Å²) in [6.07, 6.45) is -3.76. The van der Waals surface area contributed by atoms with E-state index in [0.717, 1.165) is 21.3 Å². The van der Waals surface area contributed by atoms with Crippen molar-refractivity contribution in [3.8, 4) is 5.75 Å². The van der Waals surface area contributed by atoms with Crippen LogP contribution in [0.25, 0.3) is 0 Å². The Balaban J connectivity index is 1.64. The van der Waals surface area contributed by atoms with Crippen LogP contribution in [0.1, 0.15) is 24.0 Å². The lowest BCUT2D eigenvalue weighted by Gasteiger charge is -2.33. The molecule has 2 aromatic carbocycles. The van der Waals surface area contributed by atoms with E-state index in [1.165, 1.54) is 0 Å². The molecule has 3 rings (SSSR count). The average molecular weight is 428 g/mol. The van der Waals surface area contributed by atoms with Crippen molar-refractivity contribution in [2.24, 2.45) is 5.92 Å². The number of hydrogen-bond donors (Lipinski definition) is 0. The molecule has 26 heavy (non-hydrogen) atoms. The lowest BCUT2D eigenvalue weighted by atomic mass is 9.96. The van der Waals surface area contributed by atoms with E-state index in [0.29, 0.717) is 26.2 Å². The Morgan fingerprint density at radius 2 is 1.69 bits per heavy atom. The molecule has 0 bridgehead atoms. The largest absolute Gasteiger partial charge is 0.489 e. The summed E-state index contributed by atoms with van der Waals surface area (Å²) in [5.74, 6) is -0.409. The van der Waals surface area contributed by atoms with Crippen LogP contribution >= 0.6 is 15.9 Å². The molecular weight excluding hydrogens is 407 g/mol. The highest BCUT2D eigenvalue weighted by Crippen LogP contribution is 2.36. The van der Waals surface area contributed by atoms with E-state index in [2.05, 4.69) is 20.8 Å². The molecule has 2 aromatic rings. The predicted octanol–water partition coefficient (Wildman–Crippen LogP) is 5.80. The van der Waals surface area contributed by atoms with Gasteiger partial charge in [-0.15, -0.1) is 0 Å². The van der Waals surface area contributed by atoms with Crippen molar-refractivity contribution in [2.75, 3.05) is 13.1 Å². The van der Waals surface area contributed by atoms with Gasteiger partial charge in [0.1, 0.15) is 12.4 Å². The van der Waals surface area contributed by atoms with Crippen LogP contribution in [0.3, 0.4) is 0 Å². The fourth-order valence-corrected chi connectivity index (χ4v) is 3.68. The first-order valence-electron chi connectivity index (χ1n) is 8.66. The van der Waals surface area contributed by atoms with E-state index < -0.39 is 12.1 Å². The second-order valence-corrected chi connectivity index (χ2v) is 7.44. The Kier molecular flexibility index (Phi) is 6.24. The standard InChI is InChI=1S/C20H21BrF3NO/c21-18-7-4-8-19(26-14-15-5-2-1-3-6-15)17(18)13-25-11-9-16(10-12-25)20(22,23)24/h1-8,16H,9-14H2. The Labute approximate surface area is 160 Å². The summed E-state index contributed by atoms with van der Waals surface area (Å²) < 4.78 is 45.4. The minimum Gasteiger partial charge on any atom is -0.489 e. The lowest BCUT2D eigenvalue weighted by molar-refractivity contribution is -0.185. The zero-order valence-corrected chi connectivity index (χ0v) is 15.9. The summed E-state index contributed by atoms with van der Waals surface area (Å²) in [6, 6.07) is 15.6. The molecule has 6 heteroatoms.